The first-order valence-electron chi connectivity index (χ1n) is 8.28. The van der Waals surface area contributed by atoms with Gasteiger partial charge in [0, 0.05) is 38.1 Å². The van der Waals surface area contributed by atoms with E-state index >= 15 is 0 Å². The van der Waals surface area contributed by atoms with E-state index < -0.39 is 0 Å². The second-order valence-corrected chi connectivity index (χ2v) is 5.74. The molecule has 0 bridgehead atoms. The highest BCUT2D eigenvalue weighted by molar-refractivity contribution is 5.93. The van der Waals surface area contributed by atoms with E-state index in [0.29, 0.717) is 18.9 Å². The van der Waals surface area contributed by atoms with Gasteiger partial charge in [0.05, 0.1) is 0 Å². The van der Waals surface area contributed by atoms with Gasteiger partial charge in [-0.25, -0.2) is 9.98 Å². The second kappa shape index (κ2) is 8.14. The number of hydrogen-bond acceptors (Lipinski definition) is 4. The summed E-state index contributed by atoms with van der Waals surface area (Å²) in [7, 11) is 0. The van der Waals surface area contributed by atoms with E-state index in [1.807, 2.05) is 35.2 Å². The van der Waals surface area contributed by atoms with Crippen LogP contribution in [0.15, 0.2) is 59.7 Å². The van der Waals surface area contributed by atoms with Gasteiger partial charge in [0.15, 0.2) is 5.96 Å². The zero-order chi connectivity index (χ0) is 17.5. The first-order chi connectivity index (χ1) is 12.2. The number of para-hydroxylation sites is 1. The number of amides is 1. The smallest absolute Gasteiger partial charge is 0.244 e. The molecule has 25 heavy (non-hydrogen) atoms. The number of aromatic nitrogens is 1. The molecule has 1 aromatic carbocycles. The van der Waals surface area contributed by atoms with Crippen LogP contribution in [0.2, 0.25) is 0 Å². The van der Waals surface area contributed by atoms with E-state index in [4.69, 9.17) is 5.73 Å². The van der Waals surface area contributed by atoms with E-state index in [-0.39, 0.29) is 18.4 Å². The van der Waals surface area contributed by atoms with E-state index in [2.05, 4.69) is 32.3 Å². The van der Waals surface area contributed by atoms with E-state index in [9.17, 15) is 4.79 Å². The van der Waals surface area contributed by atoms with Crippen LogP contribution in [0.3, 0.4) is 0 Å². The van der Waals surface area contributed by atoms with Crippen LogP contribution in [0.1, 0.15) is 0 Å². The van der Waals surface area contributed by atoms with Crippen molar-refractivity contribution in [1.82, 2.24) is 9.88 Å². The summed E-state index contributed by atoms with van der Waals surface area (Å²) in [5.74, 6) is 0.779. The highest BCUT2D eigenvalue weighted by Crippen LogP contribution is 2.15. The van der Waals surface area contributed by atoms with Gasteiger partial charge in [-0.3, -0.25) is 4.79 Å². The van der Waals surface area contributed by atoms with Crippen molar-refractivity contribution in [3.63, 3.8) is 0 Å². The number of hydrogen-bond donors (Lipinski definition) is 2. The molecule has 2 heterocycles. The summed E-state index contributed by atoms with van der Waals surface area (Å²) in [5.41, 5.74) is 6.99. The quantitative estimate of drug-likeness (QED) is 0.645. The molecule has 3 N–H and O–H groups in total. The number of benzene rings is 1. The number of anilines is 2. The van der Waals surface area contributed by atoms with Gasteiger partial charge in [-0.1, -0.05) is 24.3 Å². The number of pyridine rings is 1. The minimum atomic E-state index is -0.0153. The first kappa shape index (κ1) is 16.8. The Bertz CT molecular complexity index is 711. The Hall–Kier alpha value is -3.09. The molecule has 0 aliphatic carbocycles. The minimum Gasteiger partial charge on any atom is -0.370 e. The molecule has 0 radical (unpaired) electrons. The summed E-state index contributed by atoms with van der Waals surface area (Å²) in [6.07, 6.45) is 1.66. The molecule has 1 aromatic heterocycles. The Morgan fingerprint density at radius 1 is 1.08 bits per heavy atom. The lowest BCUT2D eigenvalue weighted by Crippen LogP contribution is -2.49. The van der Waals surface area contributed by atoms with Crippen molar-refractivity contribution in [3.05, 3.63) is 54.7 Å². The third-order valence-corrected chi connectivity index (χ3v) is 4.06. The molecule has 2 aromatic rings. The standard InChI is InChI=1S/C18H22N6O/c19-18(22-16-8-4-5-9-20-16)21-14-17(25)24-12-10-23(11-13-24)15-6-2-1-3-7-15/h1-9H,10-14H2,(H3,19,20,21,22). The minimum absolute atomic E-state index is 0.0153. The maximum absolute atomic E-state index is 12.3. The van der Waals surface area contributed by atoms with Gasteiger partial charge in [0.25, 0.3) is 0 Å². The van der Waals surface area contributed by atoms with Gasteiger partial charge in [-0.05, 0) is 24.3 Å². The van der Waals surface area contributed by atoms with Crippen LogP contribution in [0.4, 0.5) is 11.5 Å². The monoisotopic (exact) mass is 338 g/mol. The van der Waals surface area contributed by atoms with Crippen LogP contribution in [-0.2, 0) is 4.79 Å². The summed E-state index contributed by atoms with van der Waals surface area (Å²) in [5, 5.41) is 2.87. The Morgan fingerprint density at radius 3 is 2.48 bits per heavy atom. The maximum Gasteiger partial charge on any atom is 0.244 e. The van der Waals surface area contributed by atoms with Gasteiger partial charge in [0.2, 0.25) is 5.91 Å². The van der Waals surface area contributed by atoms with Crippen molar-refractivity contribution < 1.29 is 4.79 Å². The topological polar surface area (TPSA) is 86.8 Å². The lowest BCUT2D eigenvalue weighted by Gasteiger charge is -2.35. The van der Waals surface area contributed by atoms with Gasteiger partial charge in [-0.15, -0.1) is 0 Å². The number of carbonyl (C=O) groups is 1. The molecule has 1 saturated heterocycles. The van der Waals surface area contributed by atoms with Crippen LogP contribution < -0.4 is 16.0 Å². The second-order valence-electron chi connectivity index (χ2n) is 5.74. The third kappa shape index (κ3) is 4.69. The molecule has 7 nitrogen and oxygen atoms in total. The van der Waals surface area contributed by atoms with Gasteiger partial charge < -0.3 is 20.9 Å². The molecular formula is C18H22N6O. The molecule has 130 valence electrons. The number of guanidine groups is 1. The summed E-state index contributed by atoms with van der Waals surface area (Å²) in [6, 6.07) is 15.7. The molecule has 3 rings (SSSR count). The van der Waals surface area contributed by atoms with E-state index in [0.717, 1.165) is 13.1 Å². The molecule has 7 heteroatoms. The van der Waals surface area contributed by atoms with Crippen molar-refractivity contribution in [1.29, 1.82) is 0 Å². The van der Waals surface area contributed by atoms with Crippen molar-refractivity contribution in [2.45, 2.75) is 0 Å². The highest BCUT2D eigenvalue weighted by atomic mass is 16.2. The maximum atomic E-state index is 12.3. The van der Waals surface area contributed by atoms with Crippen LogP contribution in [0.5, 0.6) is 0 Å². The zero-order valence-electron chi connectivity index (χ0n) is 14.0. The van der Waals surface area contributed by atoms with E-state index in [1.54, 1.807) is 12.3 Å². The molecule has 1 aliphatic rings. The number of nitrogens with two attached hydrogens (primary N) is 1. The summed E-state index contributed by atoms with van der Waals surface area (Å²) in [4.78, 5) is 24.6. The van der Waals surface area contributed by atoms with Crippen LogP contribution in [0, 0.1) is 0 Å². The fraction of sp³-hybridized carbons (Fsp3) is 0.278. The molecule has 1 amide bonds. The predicted molar refractivity (Wildman–Crippen MR) is 99.6 cm³/mol. The molecule has 0 saturated carbocycles. The molecule has 0 atom stereocenters. The van der Waals surface area contributed by atoms with Crippen LogP contribution in [-0.4, -0.2) is 54.5 Å². The largest absolute Gasteiger partial charge is 0.370 e. The zero-order valence-corrected chi connectivity index (χ0v) is 14.0. The number of rotatable bonds is 4. The lowest BCUT2D eigenvalue weighted by molar-refractivity contribution is -0.129. The molecule has 1 aliphatic heterocycles. The normalized spacial score (nSPS) is 15.1. The van der Waals surface area contributed by atoms with E-state index in [1.165, 1.54) is 5.69 Å². The molecule has 0 spiro atoms. The SMILES string of the molecule is NC(=NCC(=O)N1CCN(c2ccccc2)CC1)Nc1ccccn1. The van der Waals surface area contributed by atoms with Crippen LogP contribution in [0.25, 0.3) is 0 Å². The Labute approximate surface area is 147 Å². The average Bonchev–Trinajstić information content (AvgIpc) is 2.68. The number of carbonyl (C=O) groups excluding carboxylic acids is 1. The third-order valence-electron chi connectivity index (χ3n) is 4.06. The average molecular weight is 338 g/mol. The highest BCUT2D eigenvalue weighted by Gasteiger charge is 2.20. The molecule has 1 fully saturated rings. The number of nitrogens with one attached hydrogen (secondary N) is 1. The fourth-order valence-corrected chi connectivity index (χ4v) is 2.71. The molecule has 0 unspecified atom stereocenters. The van der Waals surface area contributed by atoms with Crippen molar-refractivity contribution in [2.24, 2.45) is 10.7 Å². The predicted octanol–water partition coefficient (Wildman–Crippen LogP) is 1.16. The summed E-state index contributed by atoms with van der Waals surface area (Å²) < 4.78 is 0. The van der Waals surface area contributed by atoms with Crippen molar-refractivity contribution in [2.75, 3.05) is 42.9 Å². The fourth-order valence-electron chi connectivity index (χ4n) is 2.71. The van der Waals surface area contributed by atoms with Gasteiger partial charge in [0.1, 0.15) is 12.4 Å². The Balaban J connectivity index is 1.47. The van der Waals surface area contributed by atoms with Crippen molar-refractivity contribution >= 4 is 23.4 Å². The van der Waals surface area contributed by atoms with Gasteiger partial charge >= 0.3 is 0 Å². The van der Waals surface area contributed by atoms with Crippen molar-refractivity contribution in [3.8, 4) is 0 Å². The first-order valence-corrected chi connectivity index (χ1v) is 8.28. The number of aliphatic imine (C=N–C) groups is 1. The summed E-state index contributed by atoms with van der Waals surface area (Å²) >= 11 is 0. The Kier molecular flexibility index (Phi) is 5.46. The van der Waals surface area contributed by atoms with Gasteiger partial charge in [-0.2, -0.15) is 0 Å². The summed E-state index contributed by atoms with van der Waals surface area (Å²) in [6.45, 7) is 3.06. The lowest BCUT2D eigenvalue weighted by atomic mass is 10.2. The Morgan fingerprint density at radius 2 is 1.80 bits per heavy atom. The number of piperazine rings is 1. The van der Waals surface area contributed by atoms with Crippen LogP contribution >= 0.6 is 0 Å². The molecular weight excluding hydrogens is 316 g/mol. The number of nitrogens with zero attached hydrogens (tertiary/aromatic N) is 4.